The van der Waals surface area contributed by atoms with Crippen LogP contribution < -0.4 is 0 Å². The number of amides is 1. The van der Waals surface area contributed by atoms with E-state index < -0.39 is 5.60 Å². The molecule has 2 aliphatic heterocycles. The van der Waals surface area contributed by atoms with Gasteiger partial charge < -0.3 is 10.0 Å². The van der Waals surface area contributed by atoms with Gasteiger partial charge in [0.15, 0.2) is 0 Å². The maximum atomic E-state index is 12.8. The molecule has 0 radical (unpaired) electrons. The summed E-state index contributed by atoms with van der Waals surface area (Å²) in [5.74, 6) is 6.38. The number of hydrogen-bond acceptors (Lipinski definition) is 3. The Hall–Kier alpha value is -1.83. The van der Waals surface area contributed by atoms with Crippen LogP contribution in [0.3, 0.4) is 0 Å². The fourth-order valence-electron chi connectivity index (χ4n) is 3.95. The molecule has 0 spiro atoms. The Balaban J connectivity index is 1.55. The number of benzene rings is 1. The Morgan fingerprint density at radius 2 is 1.81 bits per heavy atom. The second-order valence-corrected chi connectivity index (χ2v) is 8.47. The van der Waals surface area contributed by atoms with E-state index in [2.05, 4.69) is 33.8 Å². The molecule has 2 fully saturated rings. The van der Waals surface area contributed by atoms with Gasteiger partial charge in [0.25, 0.3) is 0 Å². The minimum Gasteiger partial charge on any atom is -0.378 e. The lowest BCUT2D eigenvalue weighted by atomic mass is 9.95. The van der Waals surface area contributed by atoms with Gasteiger partial charge in [-0.05, 0) is 70.2 Å². The van der Waals surface area contributed by atoms with Crippen LogP contribution in [0.4, 0.5) is 0 Å². The maximum Gasteiger partial charge on any atom is 0.226 e. The molecule has 0 saturated carbocycles. The zero-order chi connectivity index (χ0) is 19.3. The zero-order valence-electron chi connectivity index (χ0n) is 16.7. The molecule has 1 amide bonds. The molecule has 27 heavy (non-hydrogen) atoms. The van der Waals surface area contributed by atoms with Crippen LogP contribution in [-0.2, 0) is 11.3 Å². The molecule has 1 aromatic carbocycles. The SMILES string of the molecule is CC(C)(O)C#Cc1ccc(CN2CCCC(C(=O)N3CCCCC3)C2)cc1. The third kappa shape index (κ3) is 6.09. The number of carbonyl (C=O) groups is 1. The highest BCUT2D eigenvalue weighted by atomic mass is 16.3. The second-order valence-electron chi connectivity index (χ2n) is 8.47. The van der Waals surface area contributed by atoms with Crippen molar-refractivity contribution in [3.05, 3.63) is 35.4 Å². The van der Waals surface area contributed by atoms with Crippen molar-refractivity contribution in [3.63, 3.8) is 0 Å². The van der Waals surface area contributed by atoms with Crippen LogP contribution in [0.1, 0.15) is 57.1 Å². The first-order chi connectivity index (χ1) is 12.9. The summed E-state index contributed by atoms with van der Waals surface area (Å²) in [4.78, 5) is 17.3. The third-order valence-corrected chi connectivity index (χ3v) is 5.40. The smallest absolute Gasteiger partial charge is 0.226 e. The van der Waals surface area contributed by atoms with Crippen molar-refractivity contribution in [3.8, 4) is 11.8 Å². The number of likely N-dealkylation sites (tertiary alicyclic amines) is 2. The molecule has 2 aliphatic rings. The molecule has 2 heterocycles. The van der Waals surface area contributed by atoms with Crippen molar-refractivity contribution < 1.29 is 9.90 Å². The van der Waals surface area contributed by atoms with Gasteiger partial charge in [0.05, 0.1) is 5.92 Å². The Morgan fingerprint density at radius 3 is 2.48 bits per heavy atom. The molecule has 4 heteroatoms. The number of nitrogens with zero attached hydrogens (tertiary/aromatic N) is 2. The molecule has 3 rings (SSSR count). The monoisotopic (exact) mass is 368 g/mol. The lowest BCUT2D eigenvalue weighted by molar-refractivity contribution is -0.138. The predicted molar refractivity (Wildman–Crippen MR) is 108 cm³/mol. The van der Waals surface area contributed by atoms with Gasteiger partial charge in [0.2, 0.25) is 5.91 Å². The van der Waals surface area contributed by atoms with E-state index in [1.807, 2.05) is 12.1 Å². The van der Waals surface area contributed by atoms with E-state index in [0.29, 0.717) is 5.91 Å². The molecule has 1 N–H and O–H groups in total. The first kappa shape index (κ1) is 19.9. The van der Waals surface area contributed by atoms with Crippen LogP contribution in [-0.4, -0.2) is 52.6 Å². The molecular formula is C23H32N2O2. The summed E-state index contributed by atoms with van der Waals surface area (Å²) in [6.45, 7) is 8.08. The number of rotatable bonds is 3. The van der Waals surface area contributed by atoms with E-state index in [-0.39, 0.29) is 5.92 Å². The lowest BCUT2D eigenvalue weighted by Crippen LogP contribution is -2.46. The molecule has 2 saturated heterocycles. The van der Waals surface area contributed by atoms with Gasteiger partial charge in [-0.25, -0.2) is 0 Å². The fraction of sp³-hybridized carbons (Fsp3) is 0.609. The average Bonchev–Trinajstić information content (AvgIpc) is 2.67. The molecule has 0 aliphatic carbocycles. The number of hydrogen-bond donors (Lipinski definition) is 1. The number of aliphatic hydroxyl groups is 1. The quantitative estimate of drug-likeness (QED) is 0.834. The topological polar surface area (TPSA) is 43.8 Å². The molecule has 146 valence electrons. The molecule has 1 aromatic rings. The lowest BCUT2D eigenvalue weighted by Gasteiger charge is -2.36. The summed E-state index contributed by atoms with van der Waals surface area (Å²) in [5.41, 5.74) is 1.19. The van der Waals surface area contributed by atoms with E-state index in [1.54, 1.807) is 13.8 Å². The van der Waals surface area contributed by atoms with E-state index in [9.17, 15) is 9.90 Å². The maximum absolute atomic E-state index is 12.8. The van der Waals surface area contributed by atoms with Crippen LogP contribution in [0.2, 0.25) is 0 Å². The minimum absolute atomic E-state index is 0.161. The highest BCUT2D eigenvalue weighted by Crippen LogP contribution is 2.22. The number of carbonyl (C=O) groups excluding carboxylic acids is 1. The van der Waals surface area contributed by atoms with E-state index in [0.717, 1.165) is 64.0 Å². The first-order valence-corrected chi connectivity index (χ1v) is 10.3. The number of piperidine rings is 2. The van der Waals surface area contributed by atoms with E-state index in [1.165, 1.54) is 12.0 Å². The Bertz CT molecular complexity index is 688. The Kier molecular flexibility index (Phi) is 6.57. The summed E-state index contributed by atoms with van der Waals surface area (Å²) in [7, 11) is 0. The summed E-state index contributed by atoms with van der Waals surface area (Å²) in [6.07, 6.45) is 5.70. The Morgan fingerprint density at radius 1 is 1.11 bits per heavy atom. The summed E-state index contributed by atoms with van der Waals surface area (Å²) < 4.78 is 0. The van der Waals surface area contributed by atoms with E-state index >= 15 is 0 Å². The van der Waals surface area contributed by atoms with Crippen molar-refractivity contribution in [1.82, 2.24) is 9.80 Å². The highest BCUT2D eigenvalue weighted by Gasteiger charge is 2.29. The molecule has 1 unspecified atom stereocenters. The average molecular weight is 369 g/mol. The van der Waals surface area contributed by atoms with Gasteiger partial charge >= 0.3 is 0 Å². The van der Waals surface area contributed by atoms with Crippen molar-refractivity contribution in [2.75, 3.05) is 26.2 Å². The largest absolute Gasteiger partial charge is 0.378 e. The molecular weight excluding hydrogens is 336 g/mol. The van der Waals surface area contributed by atoms with Gasteiger partial charge in [0.1, 0.15) is 5.60 Å². The fourth-order valence-corrected chi connectivity index (χ4v) is 3.95. The molecule has 1 atom stereocenters. The van der Waals surface area contributed by atoms with Gasteiger partial charge in [-0.1, -0.05) is 24.0 Å². The van der Waals surface area contributed by atoms with Crippen LogP contribution in [0, 0.1) is 17.8 Å². The van der Waals surface area contributed by atoms with Gasteiger partial charge in [0, 0.05) is 31.7 Å². The van der Waals surface area contributed by atoms with Crippen LogP contribution in [0.15, 0.2) is 24.3 Å². The predicted octanol–water partition coefficient (Wildman–Crippen LogP) is 3.03. The second kappa shape index (κ2) is 8.91. The normalized spacial score (nSPS) is 21.4. The van der Waals surface area contributed by atoms with Gasteiger partial charge in [-0.15, -0.1) is 0 Å². The molecule has 4 nitrogen and oxygen atoms in total. The van der Waals surface area contributed by atoms with Gasteiger partial charge in [-0.3, -0.25) is 9.69 Å². The standard InChI is InChI=1S/C23H32N2O2/c1-23(2,27)13-12-19-8-10-20(11-9-19)17-24-14-6-7-21(18-24)22(26)25-15-4-3-5-16-25/h8-11,21,27H,3-7,14-18H2,1-2H3. The van der Waals surface area contributed by atoms with Crippen molar-refractivity contribution >= 4 is 5.91 Å². The summed E-state index contributed by atoms with van der Waals surface area (Å²) in [5, 5.41) is 9.70. The minimum atomic E-state index is -0.970. The van der Waals surface area contributed by atoms with Crippen molar-refractivity contribution in [2.24, 2.45) is 5.92 Å². The zero-order valence-corrected chi connectivity index (χ0v) is 16.7. The van der Waals surface area contributed by atoms with E-state index in [4.69, 9.17) is 0 Å². The third-order valence-electron chi connectivity index (χ3n) is 5.40. The van der Waals surface area contributed by atoms with Crippen LogP contribution in [0.5, 0.6) is 0 Å². The van der Waals surface area contributed by atoms with Crippen LogP contribution in [0.25, 0.3) is 0 Å². The van der Waals surface area contributed by atoms with Crippen molar-refractivity contribution in [2.45, 2.75) is 58.1 Å². The van der Waals surface area contributed by atoms with Crippen molar-refractivity contribution in [1.29, 1.82) is 0 Å². The Labute approximate surface area is 163 Å². The molecule has 0 bridgehead atoms. The summed E-state index contributed by atoms with van der Waals surface area (Å²) >= 11 is 0. The van der Waals surface area contributed by atoms with Gasteiger partial charge in [-0.2, -0.15) is 0 Å². The first-order valence-electron chi connectivity index (χ1n) is 10.3. The highest BCUT2D eigenvalue weighted by molar-refractivity contribution is 5.79. The summed E-state index contributed by atoms with van der Waals surface area (Å²) in [6, 6.07) is 8.22. The molecule has 0 aromatic heterocycles. The van der Waals surface area contributed by atoms with Crippen LogP contribution >= 0.6 is 0 Å².